The third-order valence-electron chi connectivity index (χ3n) is 6.97. The minimum atomic E-state index is -1.15. The maximum Gasteiger partial charge on any atom is 0.354 e. The summed E-state index contributed by atoms with van der Waals surface area (Å²) >= 11 is 0. The van der Waals surface area contributed by atoms with Crippen molar-refractivity contribution < 1.29 is 24.3 Å². The van der Waals surface area contributed by atoms with Crippen LogP contribution in [0.5, 0.6) is 5.75 Å². The molecule has 0 spiro atoms. The van der Waals surface area contributed by atoms with Gasteiger partial charge in [-0.1, -0.05) is 17.3 Å². The SMILES string of the molecule is Cc1ncccc1-c1noc(C2CC2)c1/C=C/C1CN(c2ccc3nc(C(=O)O)cc(OCO)c3c2)C1. The van der Waals surface area contributed by atoms with Crippen LogP contribution in [0.15, 0.2) is 53.2 Å². The minimum Gasteiger partial charge on any atom is -0.477 e. The van der Waals surface area contributed by atoms with E-state index in [4.69, 9.17) is 9.26 Å². The lowest BCUT2D eigenvalue weighted by atomic mass is 9.95. The molecule has 0 bridgehead atoms. The molecule has 1 aromatic carbocycles. The number of aliphatic hydroxyl groups excluding tert-OH is 1. The van der Waals surface area contributed by atoms with Gasteiger partial charge in [-0.05, 0) is 50.1 Å². The average molecular weight is 499 g/mol. The number of rotatable bonds is 8. The molecule has 0 amide bonds. The van der Waals surface area contributed by atoms with Crippen molar-refractivity contribution in [3.8, 4) is 17.0 Å². The van der Waals surface area contributed by atoms with Crippen molar-refractivity contribution in [2.45, 2.75) is 25.7 Å². The third kappa shape index (κ3) is 4.42. The van der Waals surface area contributed by atoms with Crippen LogP contribution in [0.25, 0.3) is 28.2 Å². The zero-order chi connectivity index (χ0) is 25.5. The van der Waals surface area contributed by atoms with Crippen LogP contribution in [0.2, 0.25) is 0 Å². The minimum absolute atomic E-state index is 0.127. The molecule has 1 aliphatic carbocycles. The van der Waals surface area contributed by atoms with Crippen molar-refractivity contribution in [2.24, 2.45) is 5.92 Å². The summed E-state index contributed by atoms with van der Waals surface area (Å²) in [6.45, 7) is 3.11. The summed E-state index contributed by atoms with van der Waals surface area (Å²) < 4.78 is 11.1. The smallest absolute Gasteiger partial charge is 0.354 e. The van der Waals surface area contributed by atoms with Gasteiger partial charge in [-0.15, -0.1) is 0 Å². The fraction of sp³-hybridized carbons (Fsp3) is 0.286. The summed E-state index contributed by atoms with van der Waals surface area (Å²) in [6.07, 6.45) is 8.42. The van der Waals surface area contributed by atoms with Gasteiger partial charge >= 0.3 is 5.97 Å². The molecular weight excluding hydrogens is 472 g/mol. The first-order valence-corrected chi connectivity index (χ1v) is 12.3. The Labute approximate surface area is 213 Å². The lowest BCUT2D eigenvalue weighted by Gasteiger charge is -2.39. The van der Waals surface area contributed by atoms with Gasteiger partial charge in [0.1, 0.15) is 17.2 Å². The lowest BCUT2D eigenvalue weighted by molar-refractivity contribution is 0.0687. The molecule has 4 heterocycles. The summed E-state index contributed by atoms with van der Waals surface area (Å²) in [4.78, 5) is 22.2. The number of hydrogen-bond acceptors (Lipinski definition) is 8. The number of pyridine rings is 2. The normalized spacial score (nSPS) is 15.9. The maximum absolute atomic E-state index is 11.4. The van der Waals surface area contributed by atoms with Gasteiger partial charge in [-0.2, -0.15) is 0 Å². The Morgan fingerprint density at radius 3 is 2.81 bits per heavy atom. The molecule has 1 saturated heterocycles. The molecule has 0 radical (unpaired) electrons. The van der Waals surface area contributed by atoms with Crippen LogP contribution >= 0.6 is 0 Å². The maximum atomic E-state index is 11.4. The van der Waals surface area contributed by atoms with E-state index in [-0.39, 0.29) is 5.69 Å². The fourth-order valence-corrected chi connectivity index (χ4v) is 4.80. The standard InChI is InChI=1S/C28H26N4O5/c1-16-20(3-2-10-29-16)26-21(27(37-31-26)18-5-6-18)8-4-17-13-32(14-17)19-7-9-23-22(11-19)25(36-15-33)12-24(30-23)28(34)35/h2-4,7-12,17-18,33H,5-6,13-15H2,1H3,(H,34,35)/b8-4+. The van der Waals surface area contributed by atoms with Gasteiger partial charge < -0.3 is 24.4 Å². The second kappa shape index (κ2) is 9.33. The van der Waals surface area contributed by atoms with Crippen LogP contribution in [-0.2, 0) is 0 Å². The van der Waals surface area contributed by atoms with Crippen molar-refractivity contribution >= 4 is 28.6 Å². The van der Waals surface area contributed by atoms with E-state index in [0.29, 0.717) is 28.5 Å². The number of aryl methyl sites for hydroxylation is 1. The summed E-state index contributed by atoms with van der Waals surface area (Å²) in [5, 5.41) is 23.6. The van der Waals surface area contributed by atoms with Crippen LogP contribution < -0.4 is 9.64 Å². The lowest BCUT2D eigenvalue weighted by Crippen LogP contribution is -2.45. The van der Waals surface area contributed by atoms with E-state index < -0.39 is 12.8 Å². The number of benzene rings is 1. The molecule has 3 aromatic heterocycles. The van der Waals surface area contributed by atoms with E-state index in [1.165, 1.54) is 6.07 Å². The fourth-order valence-electron chi connectivity index (χ4n) is 4.80. The molecule has 0 atom stereocenters. The summed E-state index contributed by atoms with van der Waals surface area (Å²) in [7, 11) is 0. The van der Waals surface area contributed by atoms with E-state index in [0.717, 1.165) is 59.9 Å². The number of hydrogen-bond donors (Lipinski definition) is 2. The second-order valence-corrected chi connectivity index (χ2v) is 9.53. The summed E-state index contributed by atoms with van der Waals surface area (Å²) in [6, 6.07) is 10.9. The number of ether oxygens (including phenoxy) is 1. The zero-order valence-electron chi connectivity index (χ0n) is 20.3. The number of aromatic carboxylic acids is 1. The molecule has 37 heavy (non-hydrogen) atoms. The Morgan fingerprint density at radius 2 is 2.08 bits per heavy atom. The van der Waals surface area contributed by atoms with Crippen LogP contribution in [0.1, 0.15) is 46.3 Å². The van der Waals surface area contributed by atoms with Crippen molar-refractivity contribution in [2.75, 3.05) is 24.8 Å². The Morgan fingerprint density at radius 1 is 1.24 bits per heavy atom. The molecule has 9 heteroatoms. The van der Waals surface area contributed by atoms with Crippen LogP contribution in [0, 0.1) is 12.8 Å². The van der Waals surface area contributed by atoms with Crippen LogP contribution in [-0.4, -0.2) is 51.2 Å². The van der Waals surface area contributed by atoms with Gasteiger partial charge in [0.15, 0.2) is 12.5 Å². The Balaban J connectivity index is 1.22. The molecule has 1 saturated carbocycles. The number of aromatic nitrogens is 3. The average Bonchev–Trinajstić information content (AvgIpc) is 3.63. The predicted octanol–water partition coefficient (Wildman–Crippen LogP) is 4.65. The Kier molecular flexibility index (Phi) is 5.84. The van der Waals surface area contributed by atoms with E-state index in [9.17, 15) is 15.0 Å². The van der Waals surface area contributed by atoms with Gasteiger partial charge in [-0.25, -0.2) is 9.78 Å². The first kappa shape index (κ1) is 23.2. The van der Waals surface area contributed by atoms with Gasteiger partial charge in [0, 0.05) is 65.1 Å². The quantitative estimate of drug-likeness (QED) is 0.334. The van der Waals surface area contributed by atoms with Gasteiger partial charge in [0.05, 0.1) is 5.52 Å². The number of fused-ring (bicyclic) bond motifs is 1. The first-order chi connectivity index (χ1) is 18.0. The molecule has 0 unspecified atom stereocenters. The monoisotopic (exact) mass is 498 g/mol. The zero-order valence-corrected chi connectivity index (χ0v) is 20.3. The highest BCUT2D eigenvalue weighted by Gasteiger charge is 2.33. The van der Waals surface area contributed by atoms with E-state index in [1.54, 1.807) is 12.3 Å². The topological polar surface area (TPSA) is 122 Å². The van der Waals surface area contributed by atoms with E-state index in [2.05, 4.69) is 32.2 Å². The molecule has 6 rings (SSSR count). The molecule has 2 fully saturated rings. The number of carbonyl (C=O) groups is 1. The number of carboxylic acids is 1. The molecule has 9 nitrogen and oxygen atoms in total. The Bertz CT molecular complexity index is 1520. The number of nitrogens with zero attached hydrogens (tertiary/aromatic N) is 4. The molecule has 1 aliphatic heterocycles. The summed E-state index contributed by atoms with van der Waals surface area (Å²) in [5.74, 6) is 0.914. The number of anilines is 1. The highest BCUT2D eigenvalue weighted by Crippen LogP contribution is 2.45. The molecule has 188 valence electrons. The highest BCUT2D eigenvalue weighted by molar-refractivity contribution is 5.94. The van der Waals surface area contributed by atoms with Crippen LogP contribution in [0.3, 0.4) is 0 Å². The van der Waals surface area contributed by atoms with Crippen molar-refractivity contribution in [3.05, 3.63) is 71.4 Å². The largest absolute Gasteiger partial charge is 0.477 e. The van der Waals surface area contributed by atoms with Crippen molar-refractivity contribution in [1.82, 2.24) is 15.1 Å². The molecule has 4 aromatic rings. The van der Waals surface area contributed by atoms with Gasteiger partial charge in [0.25, 0.3) is 0 Å². The van der Waals surface area contributed by atoms with Crippen molar-refractivity contribution in [3.63, 3.8) is 0 Å². The van der Waals surface area contributed by atoms with Gasteiger partial charge in [-0.3, -0.25) is 4.98 Å². The van der Waals surface area contributed by atoms with E-state index in [1.807, 2.05) is 31.2 Å². The second-order valence-electron chi connectivity index (χ2n) is 9.53. The van der Waals surface area contributed by atoms with Gasteiger partial charge in [0.2, 0.25) is 0 Å². The number of aliphatic hydroxyl groups is 1. The predicted molar refractivity (Wildman–Crippen MR) is 138 cm³/mol. The van der Waals surface area contributed by atoms with Crippen LogP contribution in [0.4, 0.5) is 5.69 Å². The molecule has 2 aliphatic rings. The highest BCUT2D eigenvalue weighted by atomic mass is 16.6. The number of carboxylic acid groups (broad SMARTS) is 1. The molecular formula is C28H26N4O5. The summed E-state index contributed by atoms with van der Waals surface area (Å²) in [5.41, 5.74) is 5.17. The van der Waals surface area contributed by atoms with E-state index >= 15 is 0 Å². The van der Waals surface area contributed by atoms with Crippen molar-refractivity contribution in [1.29, 1.82) is 0 Å². The Hall–Kier alpha value is -4.24. The third-order valence-corrected chi connectivity index (χ3v) is 6.97. The first-order valence-electron chi connectivity index (χ1n) is 12.3. The molecule has 2 N–H and O–H groups in total.